The fourth-order valence-corrected chi connectivity index (χ4v) is 2.07. The van der Waals surface area contributed by atoms with Crippen LogP contribution >= 0.6 is 0 Å². The Morgan fingerprint density at radius 1 is 1.09 bits per heavy atom. The smallest absolute Gasteiger partial charge is 0.326 e. The van der Waals surface area contributed by atoms with Gasteiger partial charge in [-0.3, -0.25) is 10.1 Å². The summed E-state index contributed by atoms with van der Waals surface area (Å²) < 4.78 is 13.4. The third-order valence-corrected chi connectivity index (χ3v) is 3.36. The van der Waals surface area contributed by atoms with E-state index in [-0.39, 0.29) is 18.3 Å². The molecule has 0 saturated carbocycles. The van der Waals surface area contributed by atoms with Crippen molar-refractivity contribution >= 4 is 17.6 Å². The molecule has 120 valence electrons. The molecule has 0 unspecified atom stereocenters. The molecule has 0 spiro atoms. The number of para-hydroxylation sites is 1. The number of imide groups is 1. The van der Waals surface area contributed by atoms with E-state index in [1.54, 1.807) is 6.07 Å². The Morgan fingerprint density at radius 2 is 1.74 bits per heavy atom. The molecule has 23 heavy (non-hydrogen) atoms. The number of nitrogens with one attached hydrogen (secondary N) is 2. The second-order valence-corrected chi connectivity index (χ2v) is 5.12. The van der Waals surface area contributed by atoms with Gasteiger partial charge in [0.15, 0.2) is 6.54 Å². The highest BCUT2D eigenvalue weighted by Crippen LogP contribution is 2.11. The van der Waals surface area contributed by atoms with Gasteiger partial charge in [-0.15, -0.1) is 0 Å². The number of amides is 3. The van der Waals surface area contributed by atoms with E-state index in [4.69, 9.17) is 0 Å². The minimum absolute atomic E-state index is 0.0273. The lowest BCUT2D eigenvalue weighted by Crippen LogP contribution is -2.87. The summed E-state index contributed by atoms with van der Waals surface area (Å²) >= 11 is 0. The minimum Gasteiger partial charge on any atom is -0.333 e. The molecule has 0 saturated heterocycles. The number of quaternary nitrogens is 1. The van der Waals surface area contributed by atoms with E-state index in [2.05, 4.69) is 10.6 Å². The molecule has 0 heterocycles. The average Bonchev–Trinajstić information content (AvgIpc) is 2.55. The molecule has 0 aliphatic carbocycles. The third-order valence-electron chi connectivity index (χ3n) is 3.36. The number of rotatable bonds is 5. The van der Waals surface area contributed by atoms with E-state index in [0.717, 1.165) is 5.56 Å². The predicted octanol–water partition coefficient (Wildman–Crippen LogP) is 1.80. The summed E-state index contributed by atoms with van der Waals surface area (Å²) in [5, 5.41) is 6.30. The molecular weight excluding hydrogens is 297 g/mol. The van der Waals surface area contributed by atoms with Gasteiger partial charge in [0.2, 0.25) is 0 Å². The van der Waals surface area contributed by atoms with Crippen LogP contribution in [0.3, 0.4) is 0 Å². The van der Waals surface area contributed by atoms with Crippen molar-refractivity contribution in [3.05, 3.63) is 66.0 Å². The highest BCUT2D eigenvalue weighted by Gasteiger charge is 2.14. The maximum atomic E-state index is 13.4. The number of anilines is 1. The van der Waals surface area contributed by atoms with Crippen LogP contribution in [0.1, 0.15) is 18.5 Å². The van der Waals surface area contributed by atoms with Crippen molar-refractivity contribution in [3.8, 4) is 0 Å². The number of halogens is 1. The fourth-order valence-electron chi connectivity index (χ4n) is 2.07. The Hall–Kier alpha value is -2.73. The van der Waals surface area contributed by atoms with Crippen LogP contribution in [0.25, 0.3) is 0 Å². The Balaban J connectivity index is 1.78. The highest BCUT2D eigenvalue weighted by atomic mass is 19.1. The molecule has 4 N–H and O–H groups in total. The zero-order chi connectivity index (χ0) is 16.7. The summed E-state index contributed by atoms with van der Waals surface area (Å²) in [6.45, 7) is 2.07. The van der Waals surface area contributed by atoms with Crippen LogP contribution in [0, 0.1) is 5.82 Å². The molecule has 0 fully saturated rings. The van der Waals surface area contributed by atoms with Crippen molar-refractivity contribution in [2.24, 2.45) is 0 Å². The van der Waals surface area contributed by atoms with Gasteiger partial charge in [0.1, 0.15) is 11.9 Å². The molecule has 2 rings (SSSR count). The largest absolute Gasteiger partial charge is 0.333 e. The van der Waals surface area contributed by atoms with Crippen molar-refractivity contribution in [1.82, 2.24) is 5.32 Å². The Bertz CT molecular complexity index is 677. The third kappa shape index (κ3) is 5.19. The quantitative estimate of drug-likeness (QED) is 0.787. The molecule has 2 aromatic rings. The number of benzene rings is 2. The van der Waals surface area contributed by atoms with E-state index < -0.39 is 17.8 Å². The van der Waals surface area contributed by atoms with Crippen molar-refractivity contribution in [2.75, 3.05) is 11.9 Å². The summed E-state index contributed by atoms with van der Waals surface area (Å²) in [5.74, 6) is -0.999. The van der Waals surface area contributed by atoms with Gasteiger partial charge in [0, 0.05) is 5.56 Å². The molecule has 0 aliphatic rings. The van der Waals surface area contributed by atoms with E-state index >= 15 is 0 Å². The first-order valence-electron chi connectivity index (χ1n) is 7.30. The number of carbonyl (C=O) groups excluding carboxylic acids is 2. The number of nitrogens with two attached hydrogens (primary N) is 1. The Labute approximate surface area is 133 Å². The fraction of sp³-hybridized carbons (Fsp3) is 0.176. The average molecular weight is 316 g/mol. The summed E-state index contributed by atoms with van der Waals surface area (Å²) in [7, 11) is 0. The molecule has 0 aliphatic heterocycles. The SMILES string of the molecule is C[C@@H]([NH2+]CC(=O)NC(=O)Nc1ccccc1F)c1ccccc1. The number of urea groups is 1. The van der Waals surface area contributed by atoms with Gasteiger partial charge in [-0.05, 0) is 19.1 Å². The van der Waals surface area contributed by atoms with Crippen LogP contribution in [0.2, 0.25) is 0 Å². The van der Waals surface area contributed by atoms with Gasteiger partial charge in [0.05, 0.1) is 5.69 Å². The van der Waals surface area contributed by atoms with Crippen LogP contribution < -0.4 is 16.0 Å². The van der Waals surface area contributed by atoms with Crippen molar-refractivity contribution in [1.29, 1.82) is 0 Å². The molecule has 0 radical (unpaired) electrons. The van der Waals surface area contributed by atoms with Crippen LogP contribution in [0.15, 0.2) is 54.6 Å². The molecule has 2 aromatic carbocycles. The molecule has 0 bridgehead atoms. The lowest BCUT2D eigenvalue weighted by Gasteiger charge is -2.11. The van der Waals surface area contributed by atoms with Crippen molar-refractivity contribution < 1.29 is 19.3 Å². The molecule has 1 atom stereocenters. The highest BCUT2D eigenvalue weighted by molar-refractivity contribution is 6.01. The summed E-state index contributed by atoms with van der Waals surface area (Å²) in [4.78, 5) is 23.4. The zero-order valence-electron chi connectivity index (χ0n) is 12.8. The van der Waals surface area contributed by atoms with Crippen LogP contribution in [-0.4, -0.2) is 18.5 Å². The summed E-state index contributed by atoms with van der Waals surface area (Å²) in [6.07, 6.45) is 0. The first-order valence-corrected chi connectivity index (χ1v) is 7.30. The summed E-state index contributed by atoms with van der Waals surface area (Å²) in [5.41, 5.74) is 1.12. The van der Waals surface area contributed by atoms with Crippen LogP contribution in [0.5, 0.6) is 0 Å². The van der Waals surface area contributed by atoms with Gasteiger partial charge >= 0.3 is 6.03 Å². The molecule has 6 heteroatoms. The monoisotopic (exact) mass is 316 g/mol. The van der Waals surface area contributed by atoms with Gasteiger partial charge in [-0.25, -0.2) is 9.18 Å². The Morgan fingerprint density at radius 3 is 2.43 bits per heavy atom. The van der Waals surface area contributed by atoms with Crippen LogP contribution in [-0.2, 0) is 4.79 Å². The molecule has 5 nitrogen and oxygen atoms in total. The topological polar surface area (TPSA) is 74.8 Å². The normalized spacial score (nSPS) is 11.6. The number of carbonyl (C=O) groups is 2. The lowest BCUT2D eigenvalue weighted by atomic mass is 10.1. The standard InChI is InChI=1S/C17H18FN3O2/c1-12(13-7-3-2-4-8-13)19-11-16(22)21-17(23)20-15-10-6-5-9-14(15)18/h2-10,12,19H,11H2,1H3,(H2,20,21,22,23)/p+1/t12-/m1/s1. The van der Waals surface area contributed by atoms with Gasteiger partial charge < -0.3 is 10.6 Å². The maximum absolute atomic E-state index is 13.4. The van der Waals surface area contributed by atoms with Gasteiger partial charge in [-0.2, -0.15) is 0 Å². The second kappa shape index (κ2) is 8.05. The lowest BCUT2D eigenvalue weighted by molar-refractivity contribution is -0.682. The van der Waals surface area contributed by atoms with E-state index in [1.807, 2.05) is 42.6 Å². The van der Waals surface area contributed by atoms with E-state index in [1.165, 1.54) is 18.2 Å². The first kappa shape index (κ1) is 16.6. The second-order valence-electron chi connectivity index (χ2n) is 5.12. The predicted molar refractivity (Wildman–Crippen MR) is 85.2 cm³/mol. The minimum atomic E-state index is -0.749. The van der Waals surface area contributed by atoms with Crippen LogP contribution in [0.4, 0.5) is 14.9 Å². The maximum Gasteiger partial charge on any atom is 0.326 e. The molecule has 3 amide bonds. The molecule has 0 aromatic heterocycles. The van der Waals surface area contributed by atoms with E-state index in [0.29, 0.717) is 0 Å². The van der Waals surface area contributed by atoms with Gasteiger partial charge in [-0.1, -0.05) is 42.5 Å². The van der Waals surface area contributed by atoms with Crippen molar-refractivity contribution in [2.45, 2.75) is 13.0 Å². The van der Waals surface area contributed by atoms with E-state index in [9.17, 15) is 14.0 Å². The molecular formula is C17H19FN3O2+. The van der Waals surface area contributed by atoms with Gasteiger partial charge in [0.25, 0.3) is 5.91 Å². The number of hydrogen-bond donors (Lipinski definition) is 3. The zero-order valence-corrected chi connectivity index (χ0v) is 12.8. The first-order chi connectivity index (χ1) is 11.1. The number of hydrogen-bond acceptors (Lipinski definition) is 2. The Kier molecular flexibility index (Phi) is 5.82. The van der Waals surface area contributed by atoms with Crippen molar-refractivity contribution in [3.63, 3.8) is 0 Å². The summed E-state index contributed by atoms with van der Waals surface area (Å²) in [6, 6.07) is 14.8.